The zero-order valence-electron chi connectivity index (χ0n) is 9.68. The first-order valence-corrected chi connectivity index (χ1v) is 5.30. The molecule has 0 atom stereocenters. The summed E-state index contributed by atoms with van der Waals surface area (Å²) in [5.41, 5.74) is 1.80. The van der Waals surface area contributed by atoms with Crippen molar-refractivity contribution < 1.29 is 14.7 Å². The van der Waals surface area contributed by atoms with E-state index in [1.807, 2.05) is 13.8 Å². The van der Waals surface area contributed by atoms with Gasteiger partial charge in [-0.15, -0.1) is 0 Å². The molecule has 2 rings (SSSR count). The number of Topliss-reactive ketones (excluding diaryl/α,β-unsaturated/α-hetero) is 1. The largest absolute Gasteiger partial charge is 0.478 e. The minimum absolute atomic E-state index is 0.0620. The van der Waals surface area contributed by atoms with E-state index in [9.17, 15) is 9.59 Å². The van der Waals surface area contributed by atoms with E-state index in [4.69, 9.17) is 5.11 Å². The molecule has 4 heteroatoms. The number of hydrogen-bond acceptors (Lipinski definition) is 2. The maximum Gasteiger partial charge on any atom is 0.338 e. The zero-order valence-corrected chi connectivity index (χ0v) is 9.68. The van der Waals surface area contributed by atoms with E-state index in [0.29, 0.717) is 17.7 Å². The van der Waals surface area contributed by atoms with Crippen molar-refractivity contribution in [1.82, 2.24) is 4.98 Å². The Morgan fingerprint density at radius 2 is 2.00 bits per heavy atom. The molecule has 1 aromatic heterocycles. The Kier molecular flexibility index (Phi) is 2.19. The lowest BCUT2D eigenvalue weighted by Crippen LogP contribution is -2.27. The fourth-order valence-electron chi connectivity index (χ4n) is 2.46. The summed E-state index contributed by atoms with van der Waals surface area (Å²) in [5, 5.41) is 9.09. The Bertz CT molecular complexity index is 483. The summed E-state index contributed by atoms with van der Waals surface area (Å²) < 4.78 is 0. The lowest BCUT2D eigenvalue weighted by atomic mass is 9.75. The summed E-state index contributed by atoms with van der Waals surface area (Å²) >= 11 is 0. The van der Waals surface area contributed by atoms with Crippen LogP contribution in [0.3, 0.4) is 0 Å². The topological polar surface area (TPSA) is 70.2 Å². The van der Waals surface area contributed by atoms with Crippen LogP contribution in [0.15, 0.2) is 0 Å². The first-order chi connectivity index (χ1) is 7.32. The maximum atomic E-state index is 12.0. The molecule has 16 heavy (non-hydrogen) atoms. The Labute approximate surface area is 93.7 Å². The molecule has 0 saturated carbocycles. The number of aromatic amines is 1. The molecule has 0 radical (unpaired) electrons. The number of rotatable bonds is 1. The SMILES string of the molecule is Cc1[nH]c2c(c1C(=O)O)C(=O)CC(C)(C)C2. The predicted octanol–water partition coefficient (Wildman–Crippen LogP) is 2.18. The molecule has 0 amide bonds. The number of carboxylic acids is 1. The van der Waals surface area contributed by atoms with Crippen LogP contribution >= 0.6 is 0 Å². The van der Waals surface area contributed by atoms with E-state index in [-0.39, 0.29) is 16.8 Å². The van der Waals surface area contributed by atoms with Crippen LogP contribution < -0.4 is 0 Å². The fraction of sp³-hybridized carbons (Fsp3) is 0.500. The zero-order chi connectivity index (χ0) is 12.1. The second-order valence-electron chi connectivity index (χ2n) is 5.22. The number of aryl methyl sites for hydroxylation is 1. The maximum absolute atomic E-state index is 12.0. The number of hydrogen-bond donors (Lipinski definition) is 2. The van der Waals surface area contributed by atoms with Gasteiger partial charge in [0.15, 0.2) is 5.78 Å². The predicted molar refractivity (Wildman–Crippen MR) is 58.9 cm³/mol. The van der Waals surface area contributed by atoms with Crippen LogP contribution in [0.2, 0.25) is 0 Å². The number of ketones is 1. The molecule has 0 bridgehead atoms. The van der Waals surface area contributed by atoms with E-state index < -0.39 is 5.97 Å². The van der Waals surface area contributed by atoms with Crippen molar-refractivity contribution >= 4 is 11.8 Å². The molecule has 1 aliphatic rings. The van der Waals surface area contributed by atoms with Crippen LogP contribution in [0.25, 0.3) is 0 Å². The van der Waals surface area contributed by atoms with Crippen molar-refractivity contribution in [3.63, 3.8) is 0 Å². The Balaban J connectivity index is 2.62. The lowest BCUT2D eigenvalue weighted by Gasteiger charge is -2.28. The summed E-state index contributed by atoms with van der Waals surface area (Å²) in [4.78, 5) is 26.1. The van der Waals surface area contributed by atoms with Gasteiger partial charge in [0.25, 0.3) is 0 Å². The molecule has 1 aliphatic carbocycles. The van der Waals surface area contributed by atoms with Crippen molar-refractivity contribution in [2.75, 3.05) is 0 Å². The minimum atomic E-state index is -1.02. The molecule has 0 aliphatic heterocycles. The van der Waals surface area contributed by atoms with Crippen LogP contribution in [0.5, 0.6) is 0 Å². The molecule has 4 nitrogen and oxygen atoms in total. The van der Waals surface area contributed by atoms with E-state index in [0.717, 1.165) is 12.1 Å². The summed E-state index contributed by atoms with van der Waals surface area (Å²) in [7, 11) is 0. The number of aromatic carboxylic acids is 1. The highest BCUT2D eigenvalue weighted by atomic mass is 16.4. The number of carboxylic acid groups (broad SMARTS) is 1. The Morgan fingerprint density at radius 1 is 1.38 bits per heavy atom. The number of carbonyl (C=O) groups is 2. The number of nitrogens with one attached hydrogen (secondary N) is 1. The van der Waals surface area contributed by atoms with Gasteiger partial charge in [0.1, 0.15) is 0 Å². The van der Waals surface area contributed by atoms with Gasteiger partial charge >= 0.3 is 5.97 Å². The van der Waals surface area contributed by atoms with Crippen molar-refractivity contribution in [3.05, 3.63) is 22.5 Å². The molecule has 0 unspecified atom stereocenters. The number of carbonyl (C=O) groups excluding carboxylic acids is 1. The third-order valence-corrected chi connectivity index (χ3v) is 3.05. The third kappa shape index (κ3) is 1.54. The van der Waals surface area contributed by atoms with Crippen LogP contribution in [0.1, 0.15) is 52.4 Å². The van der Waals surface area contributed by atoms with Gasteiger partial charge in [-0.3, -0.25) is 4.79 Å². The van der Waals surface area contributed by atoms with Crippen LogP contribution in [-0.2, 0) is 6.42 Å². The van der Waals surface area contributed by atoms with Crippen molar-refractivity contribution in [1.29, 1.82) is 0 Å². The number of fused-ring (bicyclic) bond motifs is 1. The summed E-state index contributed by atoms with van der Waals surface area (Å²) in [6.07, 6.45) is 1.14. The molecule has 2 N–H and O–H groups in total. The summed E-state index contributed by atoms with van der Waals surface area (Å²) in [5.74, 6) is -1.09. The first kappa shape index (κ1) is 10.9. The molecule has 0 aromatic carbocycles. The van der Waals surface area contributed by atoms with E-state index in [1.54, 1.807) is 6.92 Å². The van der Waals surface area contributed by atoms with Crippen LogP contribution in [0.4, 0.5) is 0 Å². The van der Waals surface area contributed by atoms with E-state index in [1.165, 1.54) is 0 Å². The fourth-order valence-corrected chi connectivity index (χ4v) is 2.46. The molecule has 1 aromatic rings. The minimum Gasteiger partial charge on any atom is -0.478 e. The van der Waals surface area contributed by atoms with Gasteiger partial charge in [-0.1, -0.05) is 13.8 Å². The van der Waals surface area contributed by atoms with E-state index >= 15 is 0 Å². The molecule has 0 saturated heterocycles. The lowest BCUT2D eigenvalue weighted by molar-refractivity contribution is 0.0688. The van der Waals surface area contributed by atoms with Gasteiger partial charge in [-0.25, -0.2) is 4.79 Å². The van der Waals surface area contributed by atoms with Gasteiger partial charge in [-0.2, -0.15) is 0 Å². The number of H-pyrrole nitrogens is 1. The van der Waals surface area contributed by atoms with Crippen molar-refractivity contribution in [2.24, 2.45) is 5.41 Å². The van der Waals surface area contributed by atoms with Gasteiger partial charge in [0, 0.05) is 17.8 Å². The molecule has 0 fully saturated rings. The molecular formula is C12H15NO3. The highest BCUT2D eigenvalue weighted by Gasteiger charge is 2.36. The average molecular weight is 221 g/mol. The smallest absolute Gasteiger partial charge is 0.338 e. The monoisotopic (exact) mass is 221 g/mol. The van der Waals surface area contributed by atoms with Gasteiger partial charge in [0.2, 0.25) is 0 Å². The van der Waals surface area contributed by atoms with Crippen molar-refractivity contribution in [2.45, 2.75) is 33.6 Å². The second kappa shape index (κ2) is 3.20. The highest BCUT2D eigenvalue weighted by molar-refractivity contribution is 6.08. The number of aromatic nitrogens is 1. The highest BCUT2D eigenvalue weighted by Crippen LogP contribution is 2.36. The summed E-state index contributed by atoms with van der Waals surface area (Å²) in [6, 6.07) is 0. The first-order valence-electron chi connectivity index (χ1n) is 5.30. The summed E-state index contributed by atoms with van der Waals surface area (Å²) in [6.45, 7) is 5.73. The van der Waals surface area contributed by atoms with Gasteiger partial charge in [0.05, 0.1) is 11.1 Å². The second-order valence-corrected chi connectivity index (χ2v) is 5.22. The quantitative estimate of drug-likeness (QED) is 0.763. The van der Waals surface area contributed by atoms with Crippen LogP contribution in [0, 0.1) is 12.3 Å². The van der Waals surface area contributed by atoms with Crippen LogP contribution in [-0.4, -0.2) is 21.8 Å². The standard InChI is InChI=1S/C12H15NO3/c1-6-9(11(15)16)10-7(13-6)4-12(2,3)5-8(10)14/h13H,4-5H2,1-3H3,(H,15,16). The molecular weight excluding hydrogens is 206 g/mol. The molecule has 0 spiro atoms. The Morgan fingerprint density at radius 3 is 2.56 bits per heavy atom. The van der Waals surface area contributed by atoms with Crippen molar-refractivity contribution in [3.8, 4) is 0 Å². The molecule has 1 heterocycles. The third-order valence-electron chi connectivity index (χ3n) is 3.05. The molecule has 86 valence electrons. The van der Waals surface area contributed by atoms with E-state index in [2.05, 4.69) is 4.98 Å². The van der Waals surface area contributed by atoms with Gasteiger partial charge < -0.3 is 10.1 Å². The average Bonchev–Trinajstić information content (AvgIpc) is 2.38. The normalized spacial score (nSPS) is 18.3. The Hall–Kier alpha value is -1.58. The van der Waals surface area contributed by atoms with Gasteiger partial charge in [-0.05, 0) is 18.8 Å².